The van der Waals surface area contributed by atoms with Crippen LogP contribution in [0.2, 0.25) is 0 Å². The Morgan fingerprint density at radius 2 is 1.40 bits per heavy atom. The monoisotopic (exact) mass is 293 g/mol. The molecule has 0 aromatic carbocycles. The smallest absolute Gasteiger partial charge is 0.313 e. The van der Waals surface area contributed by atoms with E-state index in [9.17, 15) is 9.59 Å². The maximum absolute atomic E-state index is 10.6. The Balaban J connectivity index is -0.0000000623. The first-order valence-corrected chi connectivity index (χ1v) is 7.75. The van der Waals surface area contributed by atoms with Crippen LogP contribution in [0.5, 0.6) is 0 Å². The van der Waals surface area contributed by atoms with E-state index in [2.05, 4.69) is 23.9 Å². The second-order valence-electron chi connectivity index (χ2n) is 3.51. The average Bonchev–Trinajstić information content (AvgIpc) is 2.45. The van der Waals surface area contributed by atoms with E-state index in [1.165, 1.54) is 6.42 Å². The molecule has 20 heavy (non-hydrogen) atoms. The minimum atomic E-state index is -0.440. The Bertz CT molecular complexity index is 149. The topological polar surface area (TPSA) is 55.4 Å². The van der Waals surface area contributed by atoms with E-state index >= 15 is 0 Å². The highest BCUT2D eigenvalue weighted by molar-refractivity contribution is 5.76. The van der Waals surface area contributed by atoms with Crippen molar-refractivity contribution in [2.75, 3.05) is 14.1 Å². The SMILES string of the molecule is CC.CC.CCC.CCC(C)CC(=O)OC=O.CNC. The highest BCUT2D eigenvalue weighted by Gasteiger charge is 2.06. The van der Waals surface area contributed by atoms with Gasteiger partial charge in [-0.25, -0.2) is 0 Å². The van der Waals surface area contributed by atoms with Crippen molar-refractivity contribution >= 4 is 12.4 Å². The van der Waals surface area contributed by atoms with E-state index < -0.39 is 5.97 Å². The quantitative estimate of drug-likeness (QED) is 0.473. The second-order valence-corrected chi connectivity index (χ2v) is 3.51. The summed E-state index contributed by atoms with van der Waals surface area (Å²) in [5, 5.41) is 2.75. The highest BCUT2D eigenvalue weighted by atomic mass is 16.6. The van der Waals surface area contributed by atoms with Gasteiger partial charge in [-0.3, -0.25) is 9.59 Å². The molecule has 0 radical (unpaired) electrons. The molecule has 0 aromatic heterocycles. The molecule has 0 rings (SSSR count). The molecule has 0 saturated heterocycles. The maximum Gasteiger partial charge on any atom is 0.313 e. The van der Waals surface area contributed by atoms with Gasteiger partial charge in [0, 0.05) is 6.42 Å². The van der Waals surface area contributed by atoms with Crippen LogP contribution >= 0.6 is 0 Å². The normalized spacial score (nSPS) is 8.50. The Morgan fingerprint density at radius 3 is 1.60 bits per heavy atom. The van der Waals surface area contributed by atoms with Gasteiger partial charge in [-0.2, -0.15) is 0 Å². The molecule has 1 atom stereocenters. The zero-order chi connectivity index (χ0) is 17.4. The van der Waals surface area contributed by atoms with E-state index in [4.69, 9.17) is 0 Å². The standard InChI is InChI=1S/C7H12O3.C3H8.C2H7N.2C2H6/c1-3-6(2)4-7(9)10-5-8;2*1-3-2;2*1-2/h5-6H,3-4H2,1-2H3;3H2,1-2H3;3H,1-2H3;2*1-2H3. The zero-order valence-electron chi connectivity index (χ0n) is 15.5. The second kappa shape index (κ2) is 43.0. The molecule has 4 nitrogen and oxygen atoms in total. The van der Waals surface area contributed by atoms with Crippen LogP contribution in [-0.2, 0) is 14.3 Å². The van der Waals surface area contributed by atoms with Crippen molar-refractivity contribution in [3.8, 4) is 0 Å². The summed E-state index contributed by atoms with van der Waals surface area (Å²) in [6, 6.07) is 0. The summed E-state index contributed by atoms with van der Waals surface area (Å²) in [6.45, 7) is 16.3. The Kier molecular flexibility index (Phi) is 67.6. The van der Waals surface area contributed by atoms with Crippen LogP contribution in [0.3, 0.4) is 0 Å². The molecule has 0 amide bonds. The number of esters is 1. The maximum atomic E-state index is 10.6. The van der Waals surface area contributed by atoms with Crippen LogP contribution in [0.15, 0.2) is 0 Å². The van der Waals surface area contributed by atoms with Crippen LogP contribution in [0, 0.1) is 5.92 Å². The lowest BCUT2D eigenvalue weighted by Crippen LogP contribution is -2.07. The lowest BCUT2D eigenvalue weighted by atomic mass is 10.1. The van der Waals surface area contributed by atoms with E-state index in [1.54, 1.807) is 0 Å². The van der Waals surface area contributed by atoms with E-state index in [0.717, 1.165) is 6.42 Å². The van der Waals surface area contributed by atoms with Crippen LogP contribution in [-0.4, -0.2) is 26.5 Å². The van der Waals surface area contributed by atoms with Gasteiger partial charge < -0.3 is 10.1 Å². The van der Waals surface area contributed by atoms with Gasteiger partial charge in [0.1, 0.15) is 0 Å². The van der Waals surface area contributed by atoms with Gasteiger partial charge in [-0.05, 0) is 20.0 Å². The van der Waals surface area contributed by atoms with Gasteiger partial charge in [0.05, 0.1) is 0 Å². The van der Waals surface area contributed by atoms with Gasteiger partial charge in [0.15, 0.2) is 0 Å². The minimum Gasteiger partial charge on any atom is -0.395 e. The predicted octanol–water partition coefficient (Wildman–Crippen LogP) is 4.43. The van der Waals surface area contributed by atoms with Crippen molar-refractivity contribution in [3.63, 3.8) is 0 Å². The van der Waals surface area contributed by atoms with Crippen LogP contribution in [0.25, 0.3) is 0 Å². The molecule has 0 saturated carbocycles. The number of hydrogen-bond acceptors (Lipinski definition) is 4. The van der Waals surface area contributed by atoms with Crippen LogP contribution < -0.4 is 5.32 Å². The minimum absolute atomic E-state index is 0.171. The molecule has 0 aliphatic heterocycles. The Hall–Kier alpha value is -0.900. The first-order chi connectivity index (χ1) is 9.53. The molecule has 0 spiro atoms. The molecule has 1 unspecified atom stereocenters. The van der Waals surface area contributed by atoms with Gasteiger partial charge in [0.2, 0.25) is 0 Å². The number of rotatable bonds is 4. The fourth-order valence-electron chi connectivity index (χ4n) is 0.531. The number of carbonyl (C=O) groups excluding carboxylic acids is 2. The largest absolute Gasteiger partial charge is 0.395 e. The molecular weight excluding hydrogens is 254 g/mol. The Labute approximate surface area is 127 Å². The summed E-state index contributed by atoms with van der Waals surface area (Å²) in [5.74, 6) is -0.142. The van der Waals surface area contributed by atoms with Crippen LogP contribution in [0.4, 0.5) is 0 Å². The Morgan fingerprint density at radius 1 is 1.10 bits per heavy atom. The van der Waals surface area contributed by atoms with Crippen molar-refractivity contribution in [1.82, 2.24) is 5.32 Å². The van der Waals surface area contributed by atoms with Gasteiger partial charge in [-0.1, -0.05) is 68.2 Å². The third kappa shape index (κ3) is 67.6. The average molecular weight is 293 g/mol. The summed E-state index contributed by atoms with van der Waals surface area (Å²) in [7, 11) is 3.75. The highest BCUT2D eigenvalue weighted by Crippen LogP contribution is 2.06. The number of nitrogens with one attached hydrogen (secondary N) is 1. The van der Waals surface area contributed by atoms with Crippen molar-refractivity contribution in [1.29, 1.82) is 0 Å². The summed E-state index contributed by atoms with van der Waals surface area (Å²) < 4.78 is 4.09. The van der Waals surface area contributed by atoms with Crippen LogP contribution in [0.1, 0.15) is 74.7 Å². The van der Waals surface area contributed by atoms with Crippen molar-refractivity contribution in [3.05, 3.63) is 0 Å². The van der Waals surface area contributed by atoms with E-state index in [0.29, 0.717) is 12.3 Å². The number of carbonyl (C=O) groups is 2. The number of ether oxygens (including phenoxy) is 1. The summed E-state index contributed by atoms with van der Waals surface area (Å²) in [5.41, 5.74) is 0. The van der Waals surface area contributed by atoms with E-state index in [-0.39, 0.29) is 6.47 Å². The molecule has 0 aromatic rings. The van der Waals surface area contributed by atoms with Gasteiger partial charge in [0.25, 0.3) is 0 Å². The summed E-state index contributed by atoms with van der Waals surface area (Å²) in [4.78, 5) is 20.2. The third-order valence-corrected chi connectivity index (χ3v) is 1.39. The molecule has 126 valence electrons. The molecule has 0 aliphatic carbocycles. The molecule has 4 heteroatoms. The zero-order valence-corrected chi connectivity index (χ0v) is 15.5. The van der Waals surface area contributed by atoms with Crippen molar-refractivity contribution in [2.45, 2.75) is 74.7 Å². The predicted molar refractivity (Wildman–Crippen MR) is 89.9 cm³/mol. The molecule has 0 fully saturated rings. The molecular formula is C16H39NO3. The fraction of sp³-hybridized carbons (Fsp3) is 0.875. The summed E-state index contributed by atoms with van der Waals surface area (Å²) >= 11 is 0. The lowest BCUT2D eigenvalue weighted by Gasteiger charge is -2.03. The molecule has 1 N–H and O–H groups in total. The number of hydrogen-bond donors (Lipinski definition) is 1. The third-order valence-electron chi connectivity index (χ3n) is 1.39. The lowest BCUT2D eigenvalue weighted by molar-refractivity contribution is -0.152. The first-order valence-electron chi connectivity index (χ1n) is 7.75. The molecule has 0 bridgehead atoms. The van der Waals surface area contributed by atoms with E-state index in [1.807, 2.05) is 55.6 Å². The van der Waals surface area contributed by atoms with Crippen molar-refractivity contribution in [2.24, 2.45) is 5.92 Å². The molecule has 0 heterocycles. The van der Waals surface area contributed by atoms with Gasteiger partial charge >= 0.3 is 12.4 Å². The van der Waals surface area contributed by atoms with Crippen molar-refractivity contribution < 1.29 is 14.3 Å². The van der Waals surface area contributed by atoms with Gasteiger partial charge in [-0.15, -0.1) is 0 Å². The summed E-state index contributed by atoms with van der Waals surface area (Å²) in [6.07, 6.45) is 2.50. The fourth-order valence-corrected chi connectivity index (χ4v) is 0.531. The molecule has 0 aliphatic rings. The first kappa shape index (κ1) is 31.5.